The van der Waals surface area contributed by atoms with Crippen LogP contribution in [0.4, 0.5) is 0 Å². The van der Waals surface area contributed by atoms with Gasteiger partial charge in [0.2, 0.25) is 0 Å². The van der Waals surface area contributed by atoms with Crippen molar-refractivity contribution in [3.63, 3.8) is 0 Å². The number of fused-ring (bicyclic) bond motifs is 1. The number of ether oxygens (including phenoxy) is 2. The van der Waals surface area contributed by atoms with Crippen LogP contribution in [0.3, 0.4) is 0 Å². The van der Waals surface area contributed by atoms with Gasteiger partial charge in [0.05, 0.1) is 0 Å². The summed E-state index contributed by atoms with van der Waals surface area (Å²) in [6.07, 6.45) is -0.630. The molecule has 98 valence electrons. The zero-order valence-corrected chi connectivity index (χ0v) is 11.1. The molecule has 1 aliphatic carbocycles. The van der Waals surface area contributed by atoms with E-state index < -0.39 is 24.1 Å². The second kappa shape index (κ2) is 3.79. The number of hydrogen-bond donors (Lipinski definition) is 2. The molecule has 0 bridgehead atoms. The smallest absolute Gasteiger partial charge is 0.164 e. The molecule has 4 atom stereocenters. The fourth-order valence-electron chi connectivity index (χ4n) is 2.51. The number of rotatable bonds is 0. The van der Waals surface area contributed by atoms with Gasteiger partial charge in [-0.05, 0) is 24.8 Å². The van der Waals surface area contributed by atoms with Crippen molar-refractivity contribution in [3.05, 3.63) is 11.6 Å². The molecule has 17 heavy (non-hydrogen) atoms. The lowest BCUT2D eigenvalue weighted by atomic mass is 9.92. The lowest BCUT2D eigenvalue weighted by Crippen LogP contribution is -2.34. The predicted octanol–water partition coefficient (Wildman–Crippen LogP) is 1.21. The molecule has 0 spiro atoms. The molecule has 0 radical (unpaired) electrons. The number of aliphatic hydroxyl groups excluding tert-OH is 2. The number of aliphatic hydroxyl groups is 2. The molecular weight excluding hydrogens is 220 g/mol. The molecule has 1 heterocycles. The molecule has 0 unspecified atom stereocenters. The van der Waals surface area contributed by atoms with E-state index in [2.05, 4.69) is 0 Å². The van der Waals surface area contributed by atoms with Gasteiger partial charge in [-0.15, -0.1) is 0 Å². The first-order valence-corrected chi connectivity index (χ1v) is 6.05. The number of allylic oxidation sites excluding steroid dienone is 1. The molecule has 1 saturated carbocycles. The minimum atomic E-state index is -0.907. The van der Waals surface area contributed by atoms with Gasteiger partial charge in [-0.25, -0.2) is 0 Å². The highest BCUT2D eigenvalue weighted by atomic mass is 16.8. The molecule has 2 rings (SSSR count). The molecule has 1 saturated heterocycles. The van der Waals surface area contributed by atoms with E-state index in [4.69, 9.17) is 9.47 Å². The van der Waals surface area contributed by atoms with Crippen LogP contribution >= 0.6 is 0 Å². The summed E-state index contributed by atoms with van der Waals surface area (Å²) in [6, 6.07) is 0. The average Bonchev–Trinajstić information content (AvgIpc) is 2.54. The second-order valence-electron chi connectivity index (χ2n) is 6.47. The molecule has 1 aliphatic heterocycles. The van der Waals surface area contributed by atoms with Crippen LogP contribution in [0.1, 0.15) is 34.6 Å². The zero-order chi connectivity index (χ0) is 13.0. The maximum absolute atomic E-state index is 10.0. The van der Waals surface area contributed by atoms with Gasteiger partial charge in [-0.3, -0.25) is 0 Å². The van der Waals surface area contributed by atoms with Crippen LogP contribution in [0.2, 0.25) is 0 Å². The van der Waals surface area contributed by atoms with E-state index in [9.17, 15) is 10.2 Å². The first-order valence-electron chi connectivity index (χ1n) is 6.05. The quantitative estimate of drug-likeness (QED) is 0.627. The van der Waals surface area contributed by atoms with Crippen molar-refractivity contribution in [2.75, 3.05) is 0 Å². The largest absolute Gasteiger partial charge is 0.387 e. The molecule has 2 aliphatic rings. The first kappa shape index (κ1) is 13.0. The Morgan fingerprint density at radius 2 is 1.76 bits per heavy atom. The third-order valence-electron chi connectivity index (χ3n) is 3.06. The van der Waals surface area contributed by atoms with Gasteiger partial charge >= 0.3 is 0 Å². The van der Waals surface area contributed by atoms with E-state index >= 15 is 0 Å². The highest BCUT2D eigenvalue weighted by Gasteiger charge is 2.55. The highest BCUT2D eigenvalue weighted by Crippen LogP contribution is 2.42. The summed E-state index contributed by atoms with van der Waals surface area (Å²) in [5.41, 5.74) is 0.668. The molecule has 0 aromatic heterocycles. The Bertz CT molecular complexity index is 340. The molecule has 2 N–H and O–H groups in total. The third-order valence-corrected chi connectivity index (χ3v) is 3.06. The van der Waals surface area contributed by atoms with Gasteiger partial charge < -0.3 is 19.7 Å². The average molecular weight is 242 g/mol. The summed E-state index contributed by atoms with van der Waals surface area (Å²) < 4.78 is 11.4. The maximum atomic E-state index is 10.0. The summed E-state index contributed by atoms with van der Waals surface area (Å²) in [5.74, 6) is -0.701. The fraction of sp³-hybridized carbons (Fsp3) is 0.846. The van der Waals surface area contributed by atoms with Crippen LogP contribution in [-0.4, -0.2) is 40.4 Å². The van der Waals surface area contributed by atoms with Gasteiger partial charge in [0, 0.05) is 0 Å². The SMILES string of the molecule is CC(C)(C)/C=C1/[C@@H](O)[C@@H](O)[C@@H]2OC(C)(C)O[C@H]12. The molecule has 0 aromatic rings. The van der Waals surface area contributed by atoms with Crippen LogP contribution < -0.4 is 0 Å². The van der Waals surface area contributed by atoms with E-state index in [1.807, 2.05) is 40.7 Å². The molecule has 4 nitrogen and oxygen atoms in total. The minimum absolute atomic E-state index is 0.0684. The Hall–Kier alpha value is -0.420. The Morgan fingerprint density at radius 1 is 1.18 bits per heavy atom. The normalized spacial score (nSPS) is 43.1. The highest BCUT2D eigenvalue weighted by molar-refractivity contribution is 5.28. The minimum Gasteiger partial charge on any atom is -0.387 e. The van der Waals surface area contributed by atoms with Gasteiger partial charge in [-0.1, -0.05) is 26.8 Å². The second-order valence-corrected chi connectivity index (χ2v) is 6.47. The summed E-state index contributed by atoms with van der Waals surface area (Å²) >= 11 is 0. The van der Waals surface area contributed by atoms with Crippen molar-refractivity contribution < 1.29 is 19.7 Å². The van der Waals surface area contributed by atoms with Gasteiger partial charge in [0.1, 0.15) is 24.4 Å². The van der Waals surface area contributed by atoms with Gasteiger partial charge in [-0.2, -0.15) is 0 Å². The van der Waals surface area contributed by atoms with Crippen LogP contribution in [0.25, 0.3) is 0 Å². The third kappa shape index (κ3) is 2.40. The Kier molecular flexibility index (Phi) is 2.90. The van der Waals surface area contributed by atoms with Crippen molar-refractivity contribution in [2.45, 2.75) is 64.8 Å². The molecule has 0 aromatic carbocycles. The lowest BCUT2D eigenvalue weighted by molar-refractivity contribution is -0.166. The van der Waals surface area contributed by atoms with Gasteiger partial charge in [0.15, 0.2) is 5.79 Å². The summed E-state index contributed by atoms with van der Waals surface area (Å²) in [5, 5.41) is 20.0. The van der Waals surface area contributed by atoms with Gasteiger partial charge in [0.25, 0.3) is 0 Å². The summed E-state index contributed by atoms with van der Waals surface area (Å²) in [7, 11) is 0. The Morgan fingerprint density at radius 3 is 2.29 bits per heavy atom. The fourth-order valence-corrected chi connectivity index (χ4v) is 2.51. The summed E-state index contributed by atoms with van der Waals surface area (Å²) in [4.78, 5) is 0. The van der Waals surface area contributed by atoms with Crippen LogP contribution in [-0.2, 0) is 9.47 Å². The van der Waals surface area contributed by atoms with Crippen molar-refractivity contribution >= 4 is 0 Å². The predicted molar refractivity (Wildman–Crippen MR) is 63.4 cm³/mol. The molecule has 4 heteroatoms. The van der Waals surface area contributed by atoms with E-state index in [1.165, 1.54) is 0 Å². The first-order chi connectivity index (χ1) is 7.61. The van der Waals surface area contributed by atoms with Crippen LogP contribution in [0.5, 0.6) is 0 Å². The topological polar surface area (TPSA) is 58.9 Å². The van der Waals surface area contributed by atoms with E-state index in [0.29, 0.717) is 0 Å². The Balaban J connectivity index is 2.32. The standard InChI is InChI=1S/C13H22O4/c1-12(2,3)6-7-8(14)9(15)11-10(7)16-13(4,5)17-11/h6,8-11,14-15H,1-5H3/b7-6-/t8-,9-,10-,11+/m1/s1. The Labute approximate surface area is 102 Å². The van der Waals surface area contributed by atoms with Crippen molar-refractivity contribution in [1.82, 2.24) is 0 Å². The lowest BCUT2D eigenvalue weighted by Gasteiger charge is -2.23. The van der Waals surface area contributed by atoms with Crippen molar-refractivity contribution in [2.24, 2.45) is 5.41 Å². The molecule has 2 fully saturated rings. The molecular formula is C13H22O4. The van der Waals surface area contributed by atoms with Crippen LogP contribution in [0, 0.1) is 5.41 Å². The van der Waals surface area contributed by atoms with E-state index in [0.717, 1.165) is 5.57 Å². The monoisotopic (exact) mass is 242 g/mol. The number of hydrogen-bond acceptors (Lipinski definition) is 4. The molecule has 0 amide bonds. The van der Waals surface area contributed by atoms with Crippen molar-refractivity contribution in [1.29, 1.82) is 0 Å². The van der Waals surface area contributed by atoms with Crippen LogP contribution in [0.15, 0.2) is 11.6 Å². The van der Waals surface area contributed by atoms with E-state index in [1.54, 1.807) is 0 Å². The maximum Gasteiger partial charge on any atom is 0.164 e. The van der Waals surface area contributed by atoms with Crippen molar-refractivity contribution in [3.8, 4) is 0 Å². The van der Waals surface area contributed by atoms with E-state index in [-0.39, 0.29) is 11.5 Å². The zero-order valence-electron chi connectivity index (χ0n) is 11.1. The summed E-state index contributed by atoms with van der Waals surface area (Å²) in [6.45, 7) is 9.78.